The zero-order valence-corrected chi connectivity index (χ0v) is 7.84. The van der Waals surface area contributed by atoms with Crippen LogP contribution in [-0.2, 0) is 0 Å². The number of rotatable bonds is 0. The van der Waals surface area contributed by atoms with Gasteiger partial charge in [-0.2, -0.15) is 0 Å². The maximum Gasteiger partial charge on any atom is -0.0133 e. The van der Waals surface area contributed by atoms with Gasteiger partial charge in [-0.3, -0.25) is 0 Å². The zero-order valence-electron chi connectivity index (χ0n) is 7.84. The molecule has 0 aromatic carbocycles. The van der Waals surface area contributed by atoms with Gasteiger partial charge in [-0.25, -0.2) is 0 Å². The maximum absolute atomic E-state index is 2.31. The van der Waals surface area contributed by atoms with Crippen LogP contribution in [0.1, 0.15) is 44.9 Å². The Balaban J connectivity index is 2.19. The second-order valence-electron chi connectivity index (χ2n) is 3.36. The molecule has 0 unspecified atom stereocenters. The molecule has 0 aliphatic heterocycles. The fourth-order valence-corrected chi connectivity index (χ4v) is 1.44. The van der Waals surface area contributed by atoms with E-state index in [1.807, 2.05) is 0 Å². The predicted molar refractivity (Wildman–Crippen MR) is 54.9 cm³/mol. The lowest BCUT2D eigenvalue weighted by atomic mass is 10.1. The van der Waals surface area contributed by atoms with Gasteiger partial charge in [-0.15, -0.1) is 0 Å². The SMILES string of the molecule is [CH]1/C=C/CCCCCC/C=C/C1. The van der Waals surface area contributed by atoms with E-state index in [4.69, 9.17) is 0 Å². The fraction of sp³-hybridized carbons (Fsp3) is 0.583. The van der Waals surface area contributed by atoms with Gasteiger partial charge in [0.05, 0.1) is 0 Å². The van der Waals surface area contributed by atoms with Gasteiger partial charge in [0, 0.05) is 0 Å². The second-order valence-corrected chi connectivity index (χ2v) is 3.36. The molecule has 0 heteroatoms. The monoisotopic (exact) mass is 163 g/mol. The van der Waals surface area contributed by atoms with Crippen molar-refractivity contribution >= 4 is 0 Å². The van der Waals surface area contributed by atoms with Gasteiger partial charge in [0.1, 0.15) is 0 Å². The molecular formula is C12H19. The Bertz CT molecular complexity index is 124. The number of hydrogen-bond donors (Lipinski definition) is 0. The van der Waals surface area contributed by atoms with Crippen molar-refractivity contribution in [3.05, 3.63) is 30.7 Å². The summed E-state index contributed by atoms with van der Waals surface area (Å²) in [5.74, 6) is 0. The third-order valence-corrected chi connectivity index (χ3v) is 2.20. The molecule has 1 rings (SSSR count). The summed E-state index contributed by atoms with van der Waals surface area (Å²) >= 11 is 0. The smallest absolute Gasteiger partial charge is 0.0133 e. The van der Waals surface area contributed by atoms with E-state index >= 15 is 0 Å². The standard InChI is InChI=1S/C12H19/c1-2-4-6-8-10-12-11-9-7-5-3-1/h1-3,6,8H,4-5,7,9-12H2/b3-1+,8-6+. The molecule has 0 N–H and O–H groups in total. The summed E-state index contributed by atoms with van der Waals surface area (Å²) in [5.41, 5.74) is 0. The van der Waals surface area contributed by atoms with Crippen LogP contribution in [0.4, 0.5) is 0 Å². The lowest BCUT2D eigenvalue weighted by Gasteiger charge is -1.98. The van der Waals surface area contributed by atoms with Crippen LogP contribution < -0.4 is 0 Å². The summed E-state index contributed by atoms with van der Waals surface area (Å²) in [4.78, 5) is 0. The molecule has 0 aromatic rings. The van der Waals surface area contributed by atoms with Gasteiger partial charge in [-0.1, -0.05) is 37.1 Å². The molecule has 0 heterocycles. The molecule has 0 bridgehead atoms. The van der Waals surface area contributed by atoms with Crippen molar-refractivity contribution in [1.29, 1.82) is 0 Å². The molecule has 1 radical (unpaired) electrons. The maximum atomic E-state index is 2.31. The Morgan fingerprint density at radius 3 is 2.25 bits per heavy atom. The first-order chi connectivity index (χ1) is 6.00. The van der Waals surface area contributed by atoms with Crippen molar-refractivity contribution in [3.8, 4) is 0 Å². The highest BCUT2D eigenvalue weighted by Gasteiger charge is 1.88. The summed E-state index contributed by atoms with van der Waals surface area (Å²) in [6.45, 7) is 0. The first-order valence-electron chi connectivity index (χ1n) is 5.13. The van der Waals surface area contributed by atoms with Crippen molar-refractivity contribution < 1.29 is 0 Å². The van der Waals surface area contributed by atoms with Gasteiger partial charge in [0.25, 0.3) is 0 Å². The van der Waals surface area contributed by atoms with Crippen LogP contribution in [0.2, 0.25) is 0 Å². The molecule has 0 fully saturated rings. The lowest BCUT2D eigenvalue weighted by Crippen LogP contribution is -1.78. The van der Waals surface area contributed by atoms with Crippen LogP contribution in [0.15, 0.2) is 24.3 Å². The van der Waals surface area contributed by atoms with E-state index in [9.17, 15) is 0 Å². The van der Waals surface area contributed by atoms with E-state index in [0.717, 1.165) is 6.42 Å². The minimum atomic E-state index is 1.11. The topological polar surface area (TPSA) is 0 Å². The first kappa shape index (κ1) is 9.57. The molecule has 0 atom stereocenters. The Morgan fingerprint density at radius 2 is 1.42 bits per heavy atom. The minimum Gasteiger partial charge on any atom is -0.0885 e. The third-order valence-electron chi connectivity index (χ3n) is 2.20. The highest BCUT2D eigenvalue weighted by Crippen LogP contribution is 2.08. The average molecular weight is 163 g/mol. The van der Waals surface area contributed by atoms with Gasteiger partial charge >= 0.3 is 0 Å². The van der Waals surface area contributed by atoms with Gasteiger partial charge in [0.2, 0.25) is 0 Å². The van der Waals surface area contributed by atoms with Gasteiger partial charge in [0.15, 0.2) is 0 Å². The molecule has 0 spiro atoms. The molecule has 67 valence electrons. The van der Waals surface area contributed by atoms with E-state index in [1.54, 1.807) is 0 Å². The first-order valence-corrected chi connectivity index (χ1v) is 5.13. The summed E-state index contributed by atoms with van der Waals surface area (Å²) in [7, 11) is 0. The summed E-state index contributed by atoms with van der Waals surface area (Å²) in [6, 6.07) is 0. The van der Waals surface area contributed by atoms with Crippen molar-refractivity contribution in [1.82, 2.24) is 0 Å². The molecule has 0 nitrogen and oxygen atoms in total. The molecule has 0 amide bonds. The minimum absolute atomic E-state index is 1.11. The van der Waals surface area contributed by atoms with Gasteiger partial charge in [-0.05, 0) is 38.5 Å². The summed E-state index contributed by atoms with van der Waals surface area (Å²) in [5, 5.41) is 0. The zero-order chi connectivity index (χ0) is 8.49. The van der Waals surface area contributed by atoms with E-state index in [0.29, 0.717) is 0 Å². The molecule has 0 saturated carbocycles. The summed E-state index contributed by atoms with van der Waals surface area (Å²) in [6.07, 6.45) is 20.5. The second kappa shape index (κ2) is 7.15. The highest BCUT2D eigenvalue weighted by atomic mass is 13.9. The summed E-state index contributed by atoms with van der Waals surface area (Å²) < 4.78 is 0. The van der Waals surface area contributed by atoms with Crippen LogP contribution in [0, 0.1) is 6.42 Å². The van der Waals surface area contributed by atoms with Crippen LogP contribution in [0.25, 0.3) is 0 Å². The van der Waals surface area contributed by atoms with Crippen LogP contribution in [0.5, 0.6) is 0 Å². The molecule has 1 aliphatic carbocycles. The Hall–Kier alpha value is -0.520. The molecule has 12 heavy (non-hydrogen) atoms. The lowest BCUT2D eigenvalue weighted by molar-refractivity contribution is 0.651. The average Bonchev–Trinajstić information content (AvgIpc) is 2.05. The van der Waals surface area contributed by atoms with Crippen LogP contribution in [0.3, 0.4) is 0 Å². The Morgan fingerprint density at radius 1 is 0.667 bits per heavy atom. The fourth-order valence-electron chi connectivity index (χ4n) is 1.44. The van der Waals surface area contributed by atoms with Crippen molar-refractivity contribution in [2.45, 2.75) is 44.9 Å². The molecule has 0 aromatic heterocycles. The van der Waals surface area contributed by atoms with Gasteiger partial charge < -0.3 is 0 Å². The molecular weight excluding hydrogens is 144 g/mol. The highest BCUT2D eigenvalue weighted by molar-refractivity contribution is 4.99. The third kappa shape index (κ3) is 5.17. The predicted octanol–water partition coefficient (Wildman–Crippen LogP) is 4.05. The van der Waals surface area contributed by atoms with E-state index in [-0.39, 0.29) is 0 Å². The number of allylic oxidation sites excluding steroid dienone is 4. The normalized spacial score (nSPS) is 26.7. The number of hydrogen-bond acceptors (Lipinski definition) is 0. The quantitative estimate of drug-likeness (QED) is 0.473. The Labute approximate surface area is 76.4 Å². The van der Waals surface area contributed by atoms with Crippen molar-refractivity contribution in [3.63, 3.8) is 0 Å². The van der Waals surface area contributed by atoms with Crippen molar-refractivity contribution in [2.75, 3.05) is 0 Å². The van der Waals surface area contributed by atoms with Crippen molar-refractivity contribution in [2.24, 2.45) is 0 Å². The Kier molecular flexibility index (Phi) is 5.70. The largest absolute Gasteiger partial charge is 0.0885 e. The molecule has 1 aliphatic rings. The van der Waals surface area contributed by atoms with E-state index in [2.05, 4.69) is 30.7 Å². The van der Waals surface area contributed by atoms with Crippen LogP contribution >= 0.6 is 0 Å². The van der Waals surface area contributed by atoms with E-state index in [1.165, 1.54) is 38.5 Å². The van der Waals surface area contributed by atoms with E-state index < -0.39 is 0 Å². The molecule has 0 saturated heterocycles. The van der Waals surface area contributed by atoms with Crippen LogP contribution in [-0.4, -0.2) is 0 Å².